The summed E-state index contributed by atoms with van der Waals surface area (Å²) in [5, 5.41) is 2.23. The van der Waals surface area contributed by atoms with E-state index in [2.05, 4.69) is 71.9 Å². The second-order valence-electron chi connectivity index (χ2n) is 9.81. The second-order valence-corrected chi connectivity index (χ2v) is 9.81. The molecule has 40 heavy (non-hydrogen) atoms. The average molecular weight is 696 g/mol. The molecule has 0 N–H and O–H groups in total. The van der Waals surface area contributed by atoms with E-state index in [0.29, 0.717) is 6.04 Å². The maximum absolute atomic E-state index is 5.97. The van der Waals surface area contributed by atoms with Crippen LogP contribution in [0.25, 0.3) is 61.7 Å². The van der Waals surface area contributed by atoms with Crippen LogP contribution in [0.2, 0.25) is 0 Å². The summed E-state index contributed by atoms with van der Waals surface area (Å²) in [5.41, 5.74) is 9.40. The number of fused-ring (bicyclic) bond motifs is 3. The molecule has 0 bridgehead atoms. The molecule has 1 atom stereocenters. The number of nitrogens with zero attached hydrogens (tertiary/aromatic N) is 3. The fourth-order valence-corrected chi connectivity index (χ4v) is 5.38. The van der Waals surface area contributed by atoms with E-state index >= 15 is 0 Å². The number of pyridine rings is 1. The van der Waals surface area contributed by atoms with Crippen LogP contribution in [0.5, 0.6) is 0 Å². The third kappa shape index (κ3) is 4.48. The van der Waals surface area contributed by atoms with Gasteiger partial charge in [-0.2, -0.15) is 0 Å². The Hall–Kier alpha value is -4.31. The summed E-state index contributed by atoms with van der Waals surface area (Å²) >= 11 is 0. The molecule has 1 aliphatic heterocycles. The van der Waals surface area contributed by atoms with Crippen LogP contribution in [0.15, 0.2) is 108 Å². The van der Waals surface area contributed by atoms with Crippen LogP contribution < -0.4 is 0 Å². The quantitative estimate of drug-likeness (QED) is 0.170. The van der Waals surface area contributed by atoms with Gasteiger partial charge in [0.25, 0.3) is 0 Å². The molecular formula is C35H25IrN3O-2. The first kappa shape index (κ1) is 25.9. The van der Waals surface area contributed by atoms with Crippen LogP contribution in [0.3, 0.4) is 0 Å². The van der Waals surface area contributed by atoms with Gasteiger partial charge in [-0.25, -0.2) is 0 Å². The van der Waals surface area contributed by atoms with Crippen molar-refractivity contribution >= 4 is 39.0 Å². The van der Waals surface area contributed by atoms with Crippen LogP contribution in [0, 0.1) is 19.1 Å². The molecular weight excluding hydrogens is 671 g/mol. The SMILES string of the molecule is Cc1cc2c3c(c1)nc(-c1[c-]cccc1)n3C(C)C=C2.[Ir].[c-]1ccc2c(oc3ccccc32)c1-c1ccccn1. The molecule has 4 aromatic carbocycles. The van der Waals surface area contributed by atoms with Crippen LogP contribution in [0.4, 0.5) is 0 Å². The Morgan fingerprint density at radius 3 is 2.55 bits per heavy atom. The molecule has 0 amide bonds. The number of imidazole rings is 1. The van der Waals surface area contributed by atoms with Crippen LogP contribution in [-0.2, 0) is 20.1 Å². The maximum Gasteiger partial charge on any atom is 0.120 e. The van der Waals surface area contributed by atoms with Crippen LogP contribution >= 0.6 is 0 Å². The van der Waals surface area contributed by atoms with E-state index in [1.807, 2.05) is 66.7 Å². The Morgan fingerprint density at radius 1 is 0.875 bits per heavy atom. The number of aromatic nitrogens is 3. The minimum Gasteiger partial charge on any atom is -0.501 e. The molecule has 4 nitrogen and oxygen atoms in total. The zero-order valence-electron chi connectivity index (χ0n) is 22.1. The number of allylic oxidation sites excluding steroid dienone is 1. The number of rotatable bonds is 2. The third-order valence-electron chi connectivity index (χ3n) is 7.13. The number of benzene rings is 4. The number of aryl methyl sites for hydroxylation is 1. The summed E-state index contributed by atoms with van der Waals surface area (Å²) in [4.78, 5) is 9.24. The molecule has 0 spiro atoms. The number of hydrogen-bond acceptors (Lipinski definition) is 3. The average Bonchev–Trinajstić information content (AvgIpc) is 3.56. The molecule has 0 saturated carbocycles. The smallest absolute Gasteiger partial charge is 0.120 e. The van der Waals surface area contributed by atoms with E-state index < -0.39 is 0 Å². The van der Waals surface area contributed by atoms with Gasteiger partial charge in [0.1, 0.15) is 5.58 Å². The van der Waals surface area contributed by atoms with E-state index in [4.69, 9.17) is 9.40 Å². The molecule has 0 saturated heterocycles. The summed E-state index contributed by atoms with van der Waals surface area (Å²) in [7, 11) is 0. The summed E-state index contributed by atoms with van der Waals surface area (Å²) < 4.78 is 8.28. The van der Waals surface area contributed by atoms with Crippen molar-refractivity contribution in [3.63, 3.8) is 0 Å². The minimum atomic E-state index is 0. The van der Waals surface area contributed by atoms with Gasteiger partial charge >= 0.3 is 0 Å². The number of hydrogen-bond donors (Lipinski definition) is 0. The van der Waals surface area contributed by atoms with Crippen LogP contribution in [0.1, 0.15) is 24.1 Å². The summed E-state index contributed by atoms with van der Waals surface area (Å²) in [6, 6.07) is 37.1. The number of furan rings is 1. The third-order valence-corrected chi connectivity index (χ3v) is 7.13. The molecule has 0 aliphatic carbocycles. The Labute approximate surface area is 246 Å². The van der Waals surface area contributed by atoms with Crippen molar-refractivity contribution in [1.29, 1.82) is 0 Å². The molecule has 1 unspecified atom stereocenters. The fourth-order valence-electron chi connectivity index (χ4n) is 5.38. The number of para-hydroxylation sites is 1. The van der Waals surface area contributed by atoms with Crippen LogP contribution in [-0.4, -0.2) is 14.5 Å². The van der Waals surface area contributed by atoms with Gasteiger partial charge in [-0.05, 0) is 54.9 Å². The Morgan fingerprint density at radius 2 is 1.73 bits per heavy atom. The van der Waals surface area contributed by atoms with E-state index in [9.17, 15) is 0 Å². The summed E-state index contributed by atoms with van der Waals surface area (Å²) in [6.45, 7) is 4.32. The molecule has 8 rings (SSSR count). The molecule has 1 aliphatic rings. The Kier molecular flexibility index (Phi) is 6.93. The minimum absolute atomic E-state index is 0. The summed E-state index contributed by atoms with van der Waals surface area (Å²) in [6.07, 6.45) is 6.22. The first-order valence-corrected chi connectivity index (χ1v) is 13.1. The van der Waals surface area contributed by atoms with E-state index in [0.717, 1.165) is 50.1 Å². The van der Waals surface area contributed by atoms with Crippen molar-refractivity contribution in [1.82, 2.24) is 14.5 Å². The Balaban J connectivity index is 0.000000141. The predicted octanol–water partition coefficient (Wildman–Crippen LogP) is 8.85. The van der Waals surface area contributed by atoms with Gasteiger partial charge in [0.2, 0.25) is 0 Å². The van der Waals surface area contributed by atoms with Gasteiger partial charge in [0.05, 0.1) is 22.4 Å². The molecule has 0 fully saturated rings. The predicted molar refractivity (Wildman–Crippen MR) is 158 cm³/mol. The normalized spacial score (nSPS) is 13.7. The van der Waals surface area contributed by atoms with Gasteiger partial charge in [0, 0.05) is 37.7 Å². The van der Waals surface area contributed by atoms with Crippen molar-refractivity contribution < 1.29 is 24.5 Å². The molecule has 1 radical (unpaired) electrons. The standard InChI is InChI=1S/C18H15N2.C17H10NO.Ir/c1-12-10-15-9-8-13(2)20-17(15)16(11-12)19-18(20)14-6-4-3-5-7-14;1-2-10-16-12(6-1)13-7-5-8-14(17(13)19-16)15-9-3-4-11-18-15;/h3-6,8-11,13H,1-2H3;1-7,9-11H;/q2*-1;. The Bertz CT molecular complexity index is 1990. The van der Waals surface area contributed by atoms with Crippen molar-refractivity contribution in [2.75, 3.05) is 0 Å². The van der Waals surface area contributed by atoms with Crippen molar-refractivity contribution in [3.8, 4) is 22.6 Å². The zero-order chi connectivity index (χ0) is 26.3. The second kappa shape index (κ2) is 10.7. The van der Waals surface area contributed by atoms with Gasteiger partial charge in [-0.1, -0.05) is 53.4 Å². The first-order chi connectivity index (χ1) is 19.2. The largest absolute Gasteiger partial charge is 0.501 e. The van der Waals surface area contributed by atoms with Gasteiger partial charge < -0.3 is 14.0 Å². The fraction of sp³-hybridized carbons (Fsp3) is 0.0857. The van der Waals surface area contributed by atoms with Gasteiger partial charge in [-0.3, -0.25) is 4.98 Å². The van der Waals surface area contributed by atoms with Gasteiger partial charge in [0.15, 0.2) is 0 Å². The molecule has 7 aromatic rings. The molecule has 197 valence electrons. The van der Waals surface area contributed by atoms with E-state index in [1.165, 1.54) is 16.6 Å². The topological polar surface area (TPSA) is 43.9 Å². The van der Waals surface area contributed by atoms with Crippen molar-refractivity contribution in [2.24, 2.45) is 0 Å². The molecule has 3 aromatic heterocycles. The maximum atomic E-state index is 5.97. The van der Waals surface area contributed by atoms with E-state index in [-0.39, 0.29) is 20.1 Å². The molecule has 5 heteroatoms. The first-order valence-electron chi connectivity index (χ1n) is 13.1. The van der Waals surface area contributed by atoms with Crippen molar-refractivity contribution in [2.45, 2.75) is 19.9 Å². The molecule has 4 heterocycles. The summed E-state index contributed by atoms with van der Waals surface area (Å²) in [5.74, 6) is 1.00. The van der Waals surface area contributed by atoms with Crippen molar-refractivity contribution in [3.05, 3.63) is 127 Å². The zero-order valence-corrected chi connectivity index (χ0v) is 24.4. The van der Waals surface area contributed by atoms with E-state index in [1.54, 1.807) is 6.20 Å². The monoisotopic (exact) mass is 696 g/mol. The van der Waals surface area contributed by atoms with Gasteiger partial charge in [-0.15, -0.1) is 54.1 Å².